The van der Waals surface area contributed by atoms with Crippen LogP contribution < -0.4 is 5.32 Å². The Bertz CT molecular complexity index is 402. The summed E-state index contributed by atoms with van der Waals surface area (Å²) in [5.74, 6) is -0.467. The Hall–Kier alpha value is -1.42. The van der Waals surface area contributed by atoms with Crippen LogP contribution in [0.1, 0.15) is 23.2 Å². The number of hydrogen-bond donors (Lipinski definition) is 1. The molecule has 0 spiro atoms. The molecule has 4 heteroatoms. The van der Waals surface area contributed by atoms with Crippen LogP contribution >= 0.6 is 0 Å². The molecule has 3 nitrogen and oxygen atoms in total. The average molecular weight is 236 g/mol. The Morgan fingerprint density at radius 1 is 1.41 bits per heavy atom. The highest BCUT2D eigenvalue weighted by Gasteiger charge is 2.22. The van der Waals surface area contributed by atoms with Crippen LogP contribution in [0.25, 0.3) is 0 Å². The number of halogens is 1. The van der Waals surface area contributed by atoms with Crippen LogP contribution in [-0.4, -0.2) is 37.0 Å². The molecule has 1 aromatic rings. The summed E-state index contributed by atoms with van der Waals surface area (Å²) in [6.45, 7) is 1.87. The number of amides is 1. The van der Waals surface area contributed by atoms with E-state index in [1.165, 1.54) is 12.1 Å². The van der Waals surface area contributed by atoms with Crippen LogP contribution in [0.2, 0.25) is 0 Å². The van der Waals surface area contributed by atoms with E-state index < -0.39 is 0 Å². The van der Waals surface area contributed by atoms with Gasteiger partial charge in [0.25, 0.3) is 5.91 Å². The van der Waals surface area contributed by atoms with Crippen molar-refractivity contribution in [3.63, 3.8) is 0 Å². The highest BCUT2D eigenvalue weighted by molar-refractivity contribution is 5.94. The second kappa shape index (κ2) is 5.27. The first kappa shape index (κ1) is 12.0. The Kier molecular flexibility index (Phi) is 3.74. The zero-order valence-corrected chi connectivity index (χ0v) is 9.95. The van der Waals surface area contributed by atoms with Gasteiger partial charge in [-0.25, -0.2) is 4.39 Å². The maximum absolute atomic E-state index is 13.1. The molecule has 0 bridgehead atoms. The zero-order valence-electron chi connectivity index (χ0n) is 9.95. The second-order valence-electron chi connectivity index (χ2n) is 4.41. The molecular weight excluding hydrogens is 219 g/mol. The van der Waals surface area contributed by atoms with E-state index in [-0.39, 0.29) is 17.8 Å². The summed E-state index contributed by atoms with van der Waals surface area (Å²) in [4.78, 5) is 13.9. The van der Waals surface area contributed by atoms with Gasteiger partial charge in [-0.2, -0.15) is 0 Å². The Morgan fingerprint density at radius 3 is 2.76 bits per heavy atom. The summed E-state index contributed by atoms with van der Waals surface area (Å²) in [6, 6.07) is 6.12. The molecule has 1 aliphatic rings. The zero-order chi connectivity index (χ0) is 12.3. The van der Waals surface area contributed by atoms with Crippen molar-refractivity contribution in [3.05, 3.63) is 35.6 Å². The molecule has 1 aliphatic heterocycles. The molecule has 0 atom stereocenters. The normalized spacial score (nSPS) is 16.8. The molecular formula is C13H17FN2O. The van der Waals surface area contributed by atoms with Gasteiger partial charge in [0.15, 0.2) is 0 Å². The molecule has 1 aromatic carbocycles. The summed E-state index contributed by atoms with van der Waals surface area (Å²) in [5, 5.41) is 3.26. The number of nitrogens with one attached hydrogen (secondary N) is 1. The number of benzene rings is 1. The van der Waals surface area contributed by atoms with Gasteiger partial charge in [0.1, 0.15) is 5.82 Å². The molecule has 0 unspecified atom stereocenters. The Balaban J connectivity index is 2.08. The van der Waals surface area contributed by atoms with E-state index in [1.54, 1.807) is 24.1 Å². The number of carbonyl (C=O) groups excluding carboxylic acids is 1. The van der Waals surface area contributed by atoms with Crippen molar-refractivity contribution in [2.45, 2.75) is 18.9 Å². The van der Waals surface area contributed by atoms with Gasteiger partial charge in [-0.05, 0) is 44.1 Å². The fourth-order valence-electron chi connectivity index (χ4n) is 2.18. The third-order valence-electron chi connectivity index (χ3n) is 3.25. The van der Waals surface area contributed by atoms with Gasteiger partial charge in [0.05, 0.1) is 0 Å². The smallest absolute Gasteiger partial charge is 0.253 e. The van der Waals surface area contributed by atoms with E-state index in [9.17, 15) is 9.18 Å². The van der Waals surface area contributed by atoms with Crippen molar-refractivity contribution in [2.75, 3.05) is 20.1 Å². The number of rotatable bonds is 2. The van der Waals surface area contributed by atoms with Crippen LogP contribution in [0.5, 0.6) is 0 Å². The lowest BCUT2D eigenvalue weighted by molar-refractivity contribution is 0.0702. The summed E-state index contributed by atoms with van der Waals surface area (Å²) < 4.78 is 13.1. The lowest BCUT2D eigenvalue weighted by Crippen LogP contribution is -2.43. The van der Waals surface area contributed by atoms with Crippen molar-refractivity contribution < 1.29 is 9.18 Å². The minimum absolute atomic E-state index is 0.101. The van der Waals surface area contributed by atoms with Gasteiger partial charge in [-0.1, -0.05) is 6.07 Å². The molecule has 92 valence electrons. The van der Waals surface area contributed by atoms with E-state index >= 15 is 0 Å². The number of nitrogens with zero attached hydrogens (tertiary/aromatic N) is 1. The summed E-state index contributed by atoms with van der Waals surface area (Å²) in [7, 11) is 1.79. The van der Waals surface area contributed by atoms with Gasteiger partial charge in [0.2, 0.25) is 0 Å². The van der Waals surface area contributed by atoms with Gasteiger partial charge in [0, 0.05) is 18.7 Å². The molecule has 0 aromatic heterocycles. The number of carbonyl (C=O) groups is 1. The molecule has 0 radical (unpaired) electrons. The Morgan fingerprint density at radius 2 is 2.12 bits per heavy atom. The maximum atomic E-state index is 13.1. The van der Waals surface area contributed by atoms with Crippen molar-refractivity contribution in [3.8, 4) is 0 Å². The summed E-state index contributed by atoms with van der Waals surface area (Å²) in [5.41, 5.74) is 0.422. The Labute approximate surface area is 101 Å². The third-order valence-corrected chi connectivity index (χ3v) is 3.25. The van der Waals surface area contributed by atoms with Crippen LogP contribution in [0.3, 0.4) is 0 Å². The van der Waals surface area contributed by atoms with Crippen LogP contribution in [-0.2, 0) is 0 Å². The average Bonchev–Trinajstić information content (AvgIpc) is 2.38. The molecule has 0 saturated carbocycles. The van der Waals surface area contributed by atoms with Gasteiger partial charge < -0.3 is 10.2 Å². The topological polar surface area (TPSA) is 32.3 Å². The molecule has 2 rings (SSSR count). The molecule has 1 fully saturated rings. The minimum Gasteiger partial charge on any atom is -0.339 e. The van der Waals surface area contributed by atoms with E-state index in [2.05, 4.69) is 5.32 Å². The SMILES string of the molecule is CN(C(=O)c1cccc(F)c1)C1CCNCC1. The molecule has 0 aliphatic carbocycles. The summed E-state index contributed by atoms with van der Waals surface area (Å²) in [6.07, 6.45) is 1.91. The molecule has 1 N–H and O–H groups in total. The second-order valence-corrected chi connectivity index (χ2v) is 4.41. The van der Waals surface area contributed by atoms with Crippen molar-refractivity contribution in [1.29, 1.82) is 0 Å². The van der Waals surface area contributed by atoms with Crippen molar-refractivity contribution >= 4 is 5.91 Å². The quantitative estimate of drug-likeness (QED) is 0.846. The minimum atomic E-state index is -0.366. The first-order valence-corrected chi connectivity index (χ1v) is 5.92. The van der Waals surface area contributed by atoms with Gasteiger partial charge in [-0.3, -0.25) is 4.79 Å². The van der Waals surface area contributed by atoms with Crippen molar-refractivity contribution in [1.82, 2.24) is 10.2 Å². The number of hydrogen-bond acceptors (Lipinski definition) is 2. The molecule has 1 amide bonds. The highest BCUT2D eigenvalue weighted by atomic mass is 19.1. The largest absolute Gasteiger partial charge is 0.339 e. The maximum Gasteiger partial charge on any atom is 0.253 e. The third kappa shape index (κ3) is 2.82. The standard InChI is InChI=1S/C13H17FN2O/c1-16(12-5-7-15-8-6-12)13(17)10-3-2-4-11(14)9-10/h2-4,9,12,15H,5-8H2,1H3. The molecule has 1 heterocycles. The number of piperidine rings is 1. The fraction of sp³-hybridized carbons (Fsp3) is 0.462. The van der Waals surface area contributed by atoms with Gasteiger partial charge >= 0.3 is 0 Å². The van der Waals surface area contributed by atoms with Crippen LogP contribution in [0, 0.1) is 5.82 Å². The van der Waals surface area contributed by atoms with E-state index in [0.717, 1.165) is 25.9 Å². The molecule has 17 heavy (non-hydrogen) atoms. The first-order valence-electron chi connectivity index (χ1n) is 5.92. The van der Waals surface area contributed by atoms with E-state index in [4.69, 9.17) is 0 Å². The highest BCUT2D eigenvalue weighted by Crippen LogP contribution is 2.14. The fourth-order valence-corrected chi connectivity index (χ4v) is 2.18. The molecule has 1 saturated heterocycles. The van der Waals surface area contributed by atoms with Crippen molar-refractivity contribution in [2.24, 2.45) is 0 Å². The lowest BCUT2D eigenvalue weighted by Gasteiger charge is -2.31. The van der Waals surface area contributed by atoms with Crippen LogP contribution in [0.4, 0.5) is 4.39 Å². The predicted octanol–water partition coefficient (Wildman–Crippen LogP) is 1.65. The lowest BCUT2D eigenvalue weighted by atomic mass is 10.0. The van der Waals surface area contributed by atoms with E-state index in [0.29, 0.717) is 5.56 Å². The predicted molar refractivity (Wildman–Crippen MR) is 64.4 cm³/mol. The first-order chi connectivity index (χ1) is 8.18. The van der Waals surface area contributed by atoms with E-state index in [1.807, 2.05) is 0 Å². The monoisotopic (exact) mass is 236 g/mol. The van der Waals surface area contributed by atoms with Gasteiger partial charge in [-0.15, -0.1) is 0 Å². The summed E-state index contributed by atoms with van der Waals surface area (Å²) >= 11 is 0. The van der Waals surface area contributed by atoms with Crippen LogP contribution in [0.15, 0.2) is 24.3 Å².